The molecule has 8 nitrogen and oxygen atoms in total. The van der Waals surface area contributed by atoms with E-state index in [1.54, 1.807) is 7.05 Å². The molecule has 2 unspecified atom stereocenters. The van der Waals surface area contributed by atoms with Crippen LogP contribution < -0.4 is 10.6 Å². The number of likely N-dealkylation sites (N-methyl/N-ethyl adjacent to an activating group) is 1. The van der Waals surface area contributed by atoms with E-state index in [9.17, 15) is 24.1 Å². The van der Waals surface area contributed by atoms with Gasteiger partial charge in [0, 0.05) is 13.0 Å². The molecule has 1 fully saturated rings. The fraction of sp³-hybridized carbons (Fsp3) is 0.438. The Hall–Kier alpha value is -2.43. The highest BCUT2D eigenvalue weighted by molar-refractivity contribution is 5.35. The van der Waals surface area contributed by atoms with Crippen LogP contribution in [-0.4, -0.2) is 55.6 Å². The smallest absolute Gasteiger partial charge is 0.230 e. The summed E-state index contributed by atoms with van der Waals surface area (Å²) in [5.41, 5.74) is 5.65. The first-order valence-corrected chi connectivity index (χ1v) is 7.96. The number of aromatic nitrogens is 3. The number of benzene rings is 1. The molecule has 5 atom stereocenters. The van der Waals surface area contributed by atoms with Crippen LogP contribution in [0.4, 0.5) is 20.7 Å². The van der Waals surface area contributed by atoms with Crippen LogP contribution in [0, 0.1) is 17.6 Å². The zero-order valence-corrected chi connectivity index (χ0v) is 13.9. The molecule has 0 aliphatic heterocycles. The summed E-state index contributed by atoms with van der Waals surface area (Å²) in [5.74, 6) is -2.70. The van der Waals surface area contributed by atoms with E-state index in [1.165, 1.54) is 17.3 Å². The van der Waals surface area contributed by atoms with Crippen molar-refractivity contribution in [3.8, 4) is 0 Å². The molecule has 0 bridgehead atoms. The van der Waals surface area contributed by atoms with Crippen molar-refractivity contribution in [1.82, 2.24) is 15.0 Å². The maximum Gasteiger partial charge on any atom is 0.230 e. The number of hydrogen-bond donors (Lipinski definition) is 4. The largest absolute Gasteiger partial charge is 0.390 e. The Morgan fingerprint density at radius 2 is 1.92 bits per heavy atom. The topological polar surface area (TPSA) is 129 Å². The average molecular weight is 367 g/mol. The Kier molecular flexibility index (Phi) is 4.99. The molecule has 10 heteroatoms. The summed E-state index contributed by atoms with van der Waals surface area (Å²) in [6.45, 7) is 0. The van der Waals surface area contributed by atoms with E-state index in [4.69, 9.17) is 5.73 Å². The van der Waals surface area contributed by atoms with Gasteiger partial charge in [-0.2, -0.15) is 4.98 Å². The summed E-state index contributed by atoms with van der Waals surface area (Å²) < 4.78 is 26.5. The van der Waals surface area contributed by atoms with Gasteiger partial charge in [-0.3, -0.25) is 0 Å². The minimum atomic E-state index is -1.28. The highest BCUT2D eigenvalue weighted by Crippen LogP contribution is 2.39. The third-order valence-corrected chi connectivity index (χ3v) is 4.78. The van der Waals surface area contributed by atoms with Crippen LogP contribution in [0.15, 0.2) is 24.5 Å². The summed E-state index contributed by atoms with van der Waals surface area (Å²) in [6, 6.07) is 2.41. The summed E-state index contributed by atoms with van der Waals surface area (Å²) >= 11 is 0. The maximum atomic E-state index is 13.4. The average Bonchev–Trinajstić information content (AvgIpc) is 2.91. The van der Waals surface area contributed by atoms with Gasteiger partial charge in [0.1, 0.15) is 12.4 Å². The first-order valence-electron chi connectivity index (χ1n) is 7.96. The second kappa shape index (κ2) is 7.06. The lowest BCUT2D eigenvalue weighted by molar-refractivity contribution is -0.0232. The fourth-order valence-corrected chi connectivity index (χ4v) is 3.30. The van der Waals surface area contributed by atoms with Crippen molar-refractivity contribution in [3.05, 3.63) is 41.7 Å². The van der Waals surface area contributed by atoms with Crippen molar-refractivity contribution in [2.24, 2.45) is 5.92 Å². The maximum absolute atomic E-state index is 13.4. The van der Waals surface area contributed by atoms with E-state index in [0.29, 0.717) is 0 Å². The predicted molar refractivity (Wildman–Crippen MR) is 87.9 cm³/mol. The number of aliphatic hydroxyl groups is 3. The van der Waals surface area contributed by atoms with Gasteiger partial charge in [0.2, 0.25) is 11.9 Å². The predicted octanol–water partition coefficient (Wildman–Crippen LogP) is 0.0121. The molecule has 1 saturated carbocycles. The van der Waals surface area contributed by atoms with Crippen molar-refractivity contribution >= 4 is 11.9 Å². The normalized spacial score (nSPS) is 26.7. The van der Waals surface area contributed by atoms with Gasteiger partial charge < -0.3 is 26.0 Å². The molecule has 140 valence electrons. The van der Waals surface area contributed by atoms with Crippen LogP contribution in [0.3, 0.4) is 0 Å². The lowest BCUT2D eigenvalue weighted by Crippen LogP contribution is -2.42. The number of nitrogens with zero attached hydrogens (tertiary/aromatic N) is 4. The van der Waals surface area contributed by atoms with E-state index >= 15 is 0 Å². The molecule has 0 radical (unpaired) electrons. The van der Waals surface area contributed by atoms with Crippen LogP contribution in [-0.2, 0) is 0 Å². The standard InChI is InChI=1S/C16H19F2N5O3/c1-23(16-21-6-20-15(19)22-16)11-5-8(13(25)14(11)26)12(24)7-2-3-9(17)10(18)4-7/h2-4,6,8,11-14,24-26H,5H2,1H3,(H2,19,20,21,22)/t8?,11?,12-,13+,14-/m0/s1. The zero-order chi connectivity index (χ0) is 19.0. The highest BCUT2D eigenvalue weighted by Gasteiger charge is 2.47. The number of aliphatic hydroxyl groups excluding tert-OH is 3. The molecular weight excluding hydrogens is 348 g/mol. The third kappa shape index (κ3) is 3.30. The zero-order valence-electron chi connectivity index (χ0n) is 13.9. The molecule has 0 amide bonds. The monoisotopic (exact) mass is 367 g/mol. The second-order valence-corrected chi connectivity index (χ2v) is 6.32. The molecule has 1 aromatic heterocycles. The molecule has 1 heterocycles. The van der Waals surface area contributed by atoms with Crippen LogP contribution in [0.25, 0.3) is 0 Å². The summed E-state index contributed by atoms with van der Waals surface area (Å²) in [6.07, 6.45) is -2.37. The number of rotatable bonds is 4. The molecule has 2 aromatic rings. The molecule has 1 aromatic carbocycles. The molecule has 0 spiro atoms. The first-order chi connectivity index (χ1) is 12.3. The van der Waals surface area contributed by atoms with Crippen LogP contribution in [0.2, 0.25) is 0 Å². The Balaban J connectivity index is 1.81. The quantitative estimate of drug-likeness (QED) is 0.595. The Labute approximate surface area is 148 Å². The molecule has 1 aliphatic rings. The molecule has 1 aliphatic carbocycles. The van der Waals surface area contributed by atoms with Gasteiger partial charge in [0.05, 0.1) is 18.2 Å². The Morgan fingerprint density at radius 1 is 1.19 bits per heavy atom. The molecule has 26 heavy (non-hydrogen) atoms. The van der Waals surface area contributed by atoms with Crippen molar-refractivity contribution < 1.29 is 24.1 Å². The van der Waals surface area contributed by atoms with E-state index in [2.05, 4.69) is 15.0 Å². The third-order valence-electron chi connectivity index (χ3n) is 4.78. The second-order valence-electron chi connectivity index (χ2n) is 6.32. The van der Waals surface area contributed by atoms with Crippen LogP contribution in [0.1, 0.15) is 18.1 Å². The van der Waals surface area contributed by atoms with Crippen molar-refractivity contribution in [1.29, 1.82) is 0 Å². The minimum Gasteiger partial charge on any atom is -0.390 e. The van der Waals surface area contributed by atoms with Gasteiger partial charge >= 0.3 is 0 Å². The lowest BCUT2D eigenvalue weighted by atomic mass is 9.92. The summed E-state index contributed by atoms with van der Waals surface area (Å²) in [5, 5.41) is 31.2. The van der Waals surface area contributed by atoms with Gasteiger partial charge in [-0.25, -0.2) is 18.7 Å². The van der Waals surface area contributed by atoms with Gasteiger partial charge in [-0.1, -0.05) is 6.07 Å². The van der Waals surface area contributed by atoms with E-state index in [0.717, 1.165) is 12.1 Å². The first kappa shape index (κ1) is 18.4. The Morgan fingerprint density at radius 3 is 2.58 bits per heavy atom. The van der Waals surface area contributed by atoms with E-state index in [-0.39, 0.29) is 23.9 Å². The van der Waals surface area contributed by atoms with Crippen LogP contribution in [0.5, 0.6) is 0 Å². The summed E-state index contributed by atoms with van der Waals surface area (Å²) in [7, 11) is 1.61. The van der Waals surface area contributed by atoms with Gasteiger partial charge in [-0.15, -0.1) is 0 Å². The van der Waals surface area contributed by atoms with Gasteiger partial charge in [0.15, 0.2) is 11.6 Å². The SMILES string of the molecule is CN(c1ncnc(N)n1)C1CC([C@@H](O)c2ccc(F)c(F)c2)[C@@H](O)[C@H]1O. The van der Waals surface area contributed by atoms with Crippen molar-refractivity contribution in [2.75, 3.05) is 17.7 Å². The number of nitrogens with two attached hydrogens (primary N) is 1. The van der Waals surface area contributed by atoms with Gasteiger partial charge in [0.25, 0.3) is 0 Å². The van der Waals surface area contributed by atoms with Crippen LogP contribution >= 0.6 is 0 Å². The number of anilines is 2. The molecule has 5 N–H and O–H groups in total. The number of hydrogen-bond acceptors (Lipinski definition) is 8. The number of nitrogen functional groups attached to an aromatic ring is 1. The molecule has 0 saturated heterocycles. The van der Waals surface area contributed by atoms with E-state index in [1.807, 2.05) is 0 Å². The van der Waals surface area contributed by atoms with Crippen molar-refractivity contribution in [3.63, 3.8) is 0 Å². The highest BCUT2D eigenvalue weighted by atomic mass is 19.2. The number of halogens is 2. The Bertz CT molecular complexity index is 796. The lowest BCUT2D eigenvalue weighted by Gasteiger charge is -2.27. The van der Waals surface area contributed by atoms with Crippen molar-refractivity contribution in [2.45, 2.75) is 30.8 Å². The minimum absolute atomic E-state index is 0.00765. The molecule has 3 rings (SSSR count). The molecular formula is C16H19F2N5O3. The summed E-state index contributed by atoms with van der Waals surface area (Å²) in [4.78, 5) is 13.2. The van der Waals surface area contributed by atoms with Gasteiger partial charge in [-0.05, 0) is 24.1 Å². The van der Waals surface area contributed by atoms with E-state index < -0.39 is 41.9 Å². The fourth-order valence-electron chi connectivity index (χ4n) is 3.30.